The van der Waals surface area contributed by atoms with E-state index in [0.717, 1.165) is 6.42 Å². The molecule has 0 radical (unpaired) electrons. The van der Waals surface area contributed by atoms with E-state index in [1.807, 2.05) is 13.8 Å². The summed E-state index contributed by atoms with van der Waals surface area (Å²) in [5.41, 5.74) is 5.40. The Morgan fingerprint density at radius 3 is 2.62 bits per heavy atom. The van der Waals surface area contributed by atoms with E-state index in [-0.39, 0.29) is 30.9 Å². The van der Waals surface area contributed by atoms with Crippen molar-refractivity contribution in [2.24, 2.45) is 11.7 Å². The van der Waals surface area contributed by atoms with Crippen molar-refractivity contribution in [3.8, 4) is 0 Å². The van der Waals surface area contributed by atoms with Crippen molar-refractivity contribution in [3.05, 3.63) is 0 Å². The Kier molecular flexibility index (Phi) is 8.15. The van der Waals surface area contributed by atoms with Crippen molar-refractivity contribution in [1.82, 2.24) is 5.32 Å². The van der Waals surface area contributed by atoms with Gasteiger partial charge in [0.05, 0.1) is 18.6 Å². The van der Waals surface area contributed by atoms with Crippen LogP contribution in [0, 0.1) is 5.92 Å². The van der Waals surface area contributed by atoms with Gasteiger partial charge in [0.25, 0.3) is 0 Å². The summed E-state index contributed by atoms with van der Waals surface area (Å²) in [4.78, 5) is 11.4. The number of rotatable bonds is 8. The highest BCUT2D eigenvalue weighted by Crippen LogP contribution is 2.06. The molecule has 0 aromatic rings. The topological polar surface area (TPSA) is 84.6 Å². The van der Waals surface area contributed by atoms with Gasteiger partial charge < -0.3 is 20.9 Å². The molecule has 0 rings (SSSR count). The van der Waals surface area contributed by atoms with Gasteiger partial charge in [-0.1, -0.05) is 20.3 Å². The van der Waals surface area contributed by atoms with Crippen molar-refractivity contribution >= 4 is 5.91 Å². The van der Waals surface area contributed by atoms with Crippen LogP contribution in [-0.4, -0.2) is 43.4 Å². The maximum Gasteiger partial charge on any atom is 0.222 e. The lowest BCUT2D eigenvalue weighted by molar-refractivity contribution is -0.124. The second kappa shape index (κ2) is 8.50. The molecule has 1 amide bonds. The summed E-state index contributed by atoms with van der Waals surface area (Å²) in [7, 11) is 1.53. The van der Waals surface area contributed by atoms with Gasteiger partial charge in [0.1, 0.15) is 0 Å². The number of carbonyl (C=O) groups excluding carboxylic acids is 1. The summed E-state index contributed by atoms with van der Waals surface area (Å²) in [6, 6.07) is 0. The zero-order valence-electron chi connectivity index (χ0n) is 10.4. The molecule has 0 heterocycles. The fourth-order valence-electron chi connectivity index (χ4n) is 1.23. The van der Waals surface area contributed by atoms with Crippen molar-refractivity contribution in [3.63, 3.8) is 0 Å². The second-order valence-corrected chi connectivity index (χ2v) is 4.05. The highest BCUT2D eigenvalue weighted by molar-refractivity contribution is 5.76. The monoisotopic (exact) mass is 232 g/mol. The highest BCUT2D eigenvalue weighted by Gasteiger charge is 2.15. The Hall–Kier alpha value is -0.650. The number of amides is 1. The Bertz CT molecular complexity index is 196. The molecular weight excluding hydrogens is 208 g/mol. The molecule has 0 saturated carbocycles. The Labute approximate surface area is 97.3 Å². The Morgan fingerprint density at radius 2 is 2.19 bits per heavy atom. The molecule has 0 bridgehead atoms. The fraction of sp³-hybridized carbons (Fsp3) is 0.909. The number of carbonyl (C=O) groups is 1. The minimum absolute atomic E-state index is 0.139. The first-order valence-corrected chi connectivity index (χ1v) is 5.72. The minimum Gasteiger partial charge on any atom is -0.391 e. The predicted octanol–water partition coefficient (Wildman–Crippen LogP) is -0.127. The summed E-state index contributed by atoms with van der Waals surface area (Å²) in [6.07, 6.45) is 0.384. The van der Waals surface area contributed by atoms with Crippen LogP contribution in [-0.2, 0) is 9.53 Å². The third-order valence-electron chi connectivity index (χ3n) is 2.82. The van der Waals surface area contributed by atoms with Gasteiger partial charge in [-0.2, -0.15) is 0 Å². The summed E-state index contributed by atoms with van der Waals surface area (Å²) in [5.74, 6) is 0.0488. The molecule has 0 aliphatic rings. The molecule has 0 fully saturated rings. The number of ether oxygens (including phenoxy) is 1. The molecule has 96 valence electrons. The van der Waals surface area contributed by atoms with E-state index in [9.17, 15) is 9.90 Å². The summed E-state index contributed by atoms with van der Waals surface area (Å²) in [6.45, 7) is 4.56. The van der Waals surface area contributed by atoms with Gasteiger partial charge in [-0.25, -0.2) is 0 Å². The van der Waals surface area contributed by atoms with Crippen molar-refractivity contribution in [1.29, 1.82) is 0 Å². The van der Waals surface area contributed by atoms with Gasteiger partial charge in [0.15, 0.2) is 0 Å². The minimum atomic E-state index is -0.493. The molecule has 16 heavy (non-hydrogen) atoms. The second-order valence-electron chi connectivity index (χ2n) is 4.05. The van der Waals surface area contributed by atoms with Crippen molar-refractivity contribution in [2.75, 3.05) is 20.2 Å². The van der Waals surface area contributed by atoms with Crippen LogP contribution in [0.1, 0.15) is 26.7 Å². The number of nitrogens with two attached hydrogens (primary N) is 1. The van der Waals surface area contributed by atoms with E-state index in [0.29, 0.717) is 6.54 Å². The maximum atomic E-state index is 11.4. The quantitative estimate of drug-likeness (QED) is 0.544. The van der Waals surface area contributed by atoms with Crippen molar-refractivity contribution < 1.29 is 14.6 Å². The molecule has 0 aliphatic heterocycles. The van der Waals surface area contributed by atoms with E-state index in [4.69, 9.17) is 10.5 Å². The first-order chi connectivity index (χ1) is 7.54. The third-order valence-corrected chi connectivity index (χ3v) is 2.82. The zero-order chi connectivity index (χ0) is 12.6. The Morgan fingerprint density at radius 1 is 1.56 bits per heavy atom. The summed E-state index contributed by atoms with van der Waals surface area (Å²) < 4.78 is 5.00. The van der Waals surface area contributed by atoms with E-state index < -0.39 is 6.10 Å². The van der Waals surface area contributed by atoms with Crippen LogP contribution in [0.25, 0.3) is 0 Å². The molecule has 0 spiro atoms. The predicted molar refractivity (Wildman–Crippen MR) is 62.9 cm³/mol. The fourth-order valence-corrected chi connectivity index (χ4v) is 1.23. The van der Waals surface area contributed by atoms with Crippen LogP contribution < -0.4 is 11.1 Å². The molecular formula is C11H24N2O3. The summed E-state index contributed by atoms with van der Waals surface area (Å²) in [5, 5.41) is 12.3. The van der Waals surface area contributed by atoms with Gasteiger partial charge in [-0.3, -0.25) is 4.79 Å². The molecule has 4 N–H and O–H groups in total. The number of nitrogens with one attached hydrogen (secondary N) is 1. The number of aliphatic hydroxyl groups is 1. The van der Waals surface area contributed by atoms with Gasteiger partial charge in [0.2, 0.25) is 5.91 Å². The largest absolute Gasteiger partial charge is 0.391 e. The van der Waals surface area contributed by atoms with E-state index in [1.54, 1.807) is 0 Å². The number of hydrogen-bond donors (Lipinski definition) is 3. The van der Waals surface area contributed by atoms with Crippen LogP contribution in [0.4, 0.5) is 0 Å². The molecule has 0 aliphatic carbocycles. The smallest absolute Gasteiger partial charge is 0.222 e. The van der Waals surface area contributed by atoms with Gasteiger partial charge in [-0.15, -0.1) is 0 Å². The third kappa shape index (κ3) is 6.05. The molecule has 0 aromatic heterocycles. The van der Waals surface area contributed by atoms with Gasteiger partial charge in [0, 0.05) is 20.2 Å². The SMILES string of the molecule is CCC(C)C(O)CNC(=O)CC(CN)OC. The van der Waals surface area contributed by atoms with Crippen molar-refractivity contribution in [2.45, 2.75) is 38.9 Å². The van der Waals surface area contributed by atoms with E-state index in [1.165, 1.54) is 7.11 Å². The van der Waals surface area contributed by atoms with Crippen LogP contribution in [0.5, 0.6) is 0 Å². The molecule has 3 unspecified atom stereocenters. The zero-order valence-corrected chi connectivity index (χ0v) is 10.4. The van der Waals surface area contributed by atoms with Gasteiger partial charge in [-0.05, 0) is 5.92 Å². The van der Waals surface area contributed by atoms with E-state index in [2.05, 4.69) is 5.32 Å². The number of hydrogen-bond acceptors (Lipinski definition) is 4. The summed E-state index contributed by atoms with van der Waals surface area (Å²) >= 11 is 0. The molecule has 0 aromatic carbocycles. The maximum absolute atomic E-state index is 11.4. The first kappa shape index (κ1) is 15.3. The van der Waals surface area contributed by atoms with E-state index >= 15 is 0 Å². The lowest BCUT2D eigenvalue weighted by Gasteiger charge is -2.18. The lowest BCUT2D eigenvalue weighted by atomic mass is 10.0. The highest BCUT2D eigenvalue weighted by atomic mass is 16.5. The molecule has 5 nitrogen and oxygen atoms in total. The lowest BCUT2D eigenvalue weighted by Crippen LogP contribution is -2.38. The Balaban J connectivity index is 3.80. The van der Waals surface area contributed by atoms with Crippen LogP contribution >= 0.6 is 0 Å². The van der Waals surface area contributed by atoms with Crippen LogP contribution in [0.3, 0.4) is 0 Å². The van der Waals surface area contributed by atoms with Gasteiger partial charge >= 0.3 is 0 Å². The standard InChI is InChI=1S/C11H24N2O3/c1-4-8(2)10(14)7-13-11(15)5-9(6-12)16-3/h8-10,14H,4-7,12H2,1-3H3,(H,13,15). The normalized spacial score (nSPS) is 16.6. The average molecular weight is 232 g/mol. The molecule has 5 heteroatoms. The molecule has 3 atom stereocenters. The van der Waals surface area contributed by atoms with Crippen LogP contribution in [0.15, 0.2) is 0 Å². The number of aliphatic hydroxyl groups excluding tert-OH is 1. The van der Waals surface area contributed by atoms with Crippen LogP contribution in [0.2, 0.25) is 0 Å². The first-order valence-electron chi connectivity index (χ1n) is 5.72. The molecule has 0 saturated heterocycles. The average Bonchev–Trinajstić information content (AvgIpc) is 2.31. The number of methoxy groups -OCH3 is 1.